The Bertz CT molecular complexity index is 999. The Labute approximate surface area is 207 Å². The molecule has 0 fully saturated rings. The third kappa shape index (κ3) is 10.4. The molecule has 0 radical (unpaired) electrons. The van der Waals surface area contributed by atoms with Crippen LogP contribution in [0.1, 0.15) is 54.1 Å². The minimum absolute atomic E-state index is 0.506. The molecule has 0 bridgehead atoms. The van der Waals surface area contributed by atoms with E-state index in [9.17, 15) is 8.42 Å². The predicted molar refractivity (Wildman–Crippen MR) is 132 cm³/mol. The number of rotatable bonds is 6. The van der Waals surface area contributed by atoms with Gasteiger partial charge >= 0.3 is 27.0 Å². The van der Waals surface area contributed by atoms with Crippen molar-refractivity contribution < 1.29 is 25.7 Å². The molecule has 0 aliphatic rings. The van der Waals surface area contributed by atoms with Crippen molar-refractivity contribution in [1.29, 1.82) is 0 Å². The first kappa shape index (κ1) is 28.5. The Kier molecular flexibility index (Phi) is 13.0. The Morgan fingerprint density at radius 3 is 1.62 bits per heavy atom. The molecule has 7 heteroatoms. The second kappa shape index (κ2) is 14.6. The number of benzene rings is 3. The molecule has 32 heavy (non-hydrogen) atoms. The summed E-state index contributed by atoms with van der Waals surface area (Å²) in [6.07, 6.45) is 1.08. The zero-order valence-electron chi connectivity index (χ0n) is 18.8. The van der Waals surface area contributed by atoms with Gasteiger partial charge in [-0.15, -0.1) is 0 Å². The van der Waals surface area contributed by atoms with Crippen molar-refractivity contribution in [2.75, 3.05) is 6.26 Å². The van der Waals surface area contributed by atoms with Crippen molar-refractivity contribution in [3.63, 3.8) is 0 Å². The fraction of sp³-hybridized carbons (Fsp3) is 0.280. The average molecular weight is 560 g/mol. The molecule has 0 amide bonds. The van der Waals surface area contributed by atoms with Crippen LogP contribution in [0.2, 0.25) is 0 Å². The monoisotopic (exact) mass is 560 g/mol. The van der Waals surface area contributed by atoms with E-state index in [-0.39, 0.29) is 0 Å². The number of aryl methyl sites for hydroxylation is 1. The molecule has 2 atom stereocenters. The maximum atomic E-state index is 11.5. The summed E-state index contributed by atoms with van der Waals surface area (Å²) in [6, 6.07) is 26.2. The Morgan fingerprint density at radius 1 is 0.781 bits per heavy atom. The Morgan fingerprint density at radius 2 is 1.22 bits per heavy atom. The predicted octanol–water partition coefficient (Wildman–Crippen LogP) is 6.57. The fourth-order valence-electron chi connectivity index (χ4n) is 3.00. The van der Waals surface area contributed by atoms with E-state index in [1.807, 2.05) is 78.0 Å². The topological polar surface area (TPSA) is 74.3 Å². The van der Waals surface area contributed by atoms with Crippen LogP contribution < -0.4 is 5.73 Å². The van der Waals surface area contributed by atoms with E-state index >= 15 is 0 Å². The van der Waals surface area contributed by atoms with Gasteiger partial charge in [-0.1, -0.05) is 116 Å². The third-order valence-corrected chi connectivity index (χ3v) is 5.32. The zero-order valence-corrected chi connectivity index (χ0v) is 22.1. The SMILES string of the molecule is CS(=O)(=O)[N-][C@@H](c1ccccc1)[C@@H](N)c1ccccc1.Cc1ccc(C(C)C)cc1.[Cl][Ru+2]. The molecule has 4 nitrogen and oxygen atoms in total. The molecule has 0 heterocycles. The summed E-state index contributed by atoms with van der Waals surface area (Å²) in [5, 5.41) is 0. The Balaban J connectivity index is 0.000000358. The van der Waals surface area contributed by atoms with E-state index in [2.05, 4.69) is 59.4 Å². The van der Waals surface area contributed by atoms with Gasteiger partial charge in [0.15, 0.2) is 0 Å². The van der Waals surface area contributed by atoms with Gasteiger partial charge in [0, 0.05) is 12.3 Å². The van der Waals surface area contributed by atoms with Gasteiger partial charge in [-0.05, 0) is 24.0 Å². The van der Waals surface area contributed by atoms with Crippen LogP contribution in [0.25, 0.3) is 4.72 Å². The first-order valence-corrected chi connectivity index (χ1v) is 14.2. The molecule has 0 unspecified atom stereocenters. The average Bonchev–Trinajstić information content (AvgIpc) is 2.80. The van der Waals surface area contributed by atoms with Crippen LogP contribution in [0.3, 0.4) is 0 Å². The van der Waals surface area contributed by atoms with Crippen molar-refractivity contribution in [2.45, 2.75) is 38.8 Å². The number of nitrogens with two attached hydrogens (primary N) is 1. The number of hydrogen-bond donors (Lipinski definition) is 1. The van der Waals surface area contributed by atoms with Gasteiger partial charge in [-0.3, -0.25) is 0 Å². The summed E-state index contributed by atoms with van der Waals surface area (Å²) in [6.45, 7) is 6.54. The van der Waals surface area contributed by atoms with Crippen molar-refractivity contribution in [3.8, 4) is 0 Å². The number of sulfonamides is 1. The van der Waals surface area contributed by atoms with Crippen molar-refractivity contribution in [1.82, 2.24) is 0 Å². The molecule has 0 aliphatic heterocycles. The summed E-state index contributed by atoms with van der Waals surface area (Å²) >= 11 is 1.82. The minimum atomic E-state index is -3.48. The van der Waals surface area contributed by atoms with Crippen LogP contribution >= 0.6 is 9.69 Å². The van der Waals surface area contributed by atoms with Gasteiger partial charge < -0.3 is 10.5 Å². The summed E-state index contributed by atoms with van der Waals surface area (Å²) in [7, 11) is 1.09. The van der Waals surface area contributed by atoms with Gasteiger partial charge in [-0.25, -0.2) is 8.42 Å². The first-order chi connectivity index (χ1) is 15.2. The molecule has 0 spiro atoms. The van der Waals surface area contributed by atoms with Crippen molar-refractivity contribution in [2.24, 2.45) is 5.73 Å². The summed E-state index contributed by atoms with van der Waals surface area (Å²) in [4.78, 5) is 0. The quantitative estimate of drug-likeness (QED) is 0.347. The van der Waals surface area contributed by atoms with E-state index in [1.165, 1.54) is 11.1 Å². The molecular formula is C25H31ClN2O2RuS+. The summed E-state index contributed by atoms with van der Waals surface area (Å²) in [5.74, 6) is 0.653. The van der Waals surface area contributed by atoms with Crippen LogP contribution in [-0.4, -0.2) is 14.7 Å². The molecular weight excluding hydrogens is 529 g/mol. The fourth-order valence-corrected chi connectivity index (χ4v) is 3.66. The van der Waals surface area contributed by atoms with Crippen LogP contribution in [0.5, 0.6) is 0 Å². The van der Waals surface area contributed by atoms with Gasteiger partial charge in [-0.2, -0.15) is 0 Å². The van der Waals surface area contributed by atoms with E-state index in [0.29, 0.717) is 5.92 Å². The normalized spacial score (nSPS) is 12.6. The van der Waals surface area contributed by atoms with Crippen LogP contribution in [0.15, 0.2) is 84.9 Å². The second-order valence-electron chi connectivity index (χ2n) is 7.70. The van der Waals surface area contributed by atoms with E-state index in [0.717, 1.165) is 17.4 Å². The van der Waals surface area contributed by atoms with Crippen LogP contribution in [0, 0.1) is 6.92 Å². The second-order valence-corrected chi connectivity index (χ2v) is 9.37. The summed E-state index contributed by atoms with van der Waals surface area (Å²) in [5.41, 5.74) is 10.6. The zero-order chi connectivity index (χ0) is 24.1. The van der Waals surface area contributed by atoms with Crippen molar-refractivity contribution >= 4 is 19.7 Å². The number of nitrogens with zero attached hydrogens (tertiary/aromatic N) is 1. The molecule has 0 saturated carbocycles. The van der Waals surface area contributed by atoms with E-state index in [4.69, 9.17) is 5.73 Å². The number of hydrogen-bond acceptors (Lipinski definition) is 3. The molecule has 3 aromatic carbocycles. The van der Waals surface area contributed by atoms with Gasteiger partial charge in [0.2, 0.25) is 0 Å². The van der Waals surface area contributed by atoms with Gasteiger partial charge in [0.25, 0.3) is 0 Å². The van der Waals surface area contributed by atoms with E-state index < -0.39 is 22.1 Å². The van der Waals surface area contributed by atoms with Gasteiger partial charge in [0.05, 0.1) is 10.0 Å². The molecule has 0 saturated heterocycles. The third-order valence-electron chi connectivity index (χ3n) is 4.71. The molecule has 0 aromatic heterocycles. The summed E-state index contributed by atoms with van der Waals surface area (Å²) < 4.78 is 27.0. The van der Waals surface area contributed by atoms with Crippen LogP contribution in [0.4, 0.5) is 0 Å². The molecule has 173 valence electrons. The Hall–Kier alpha value is -1.56. The van der Waals surface area contributed by atoms with E-state index in [1.54, 1.807) is 0 Å². The standard InChI is InChI=1S/C15H17N2O2S.C10H14.ClH.Ru/c1-20(18,19)17-15(13-10-6-3-7-11-13)14(16)12-8-4-2-5-9-12;1-8(2)10-6-4-9(3)5-7-10;;/h2-11,14-15H,16H2,1H3;4-8H,1-3H3;1H;/q-1;;;+3/p-1/t14-,15-;;;/m0.../s1. The van der Waals surface area contributed by atoms with Gasteiger partial charge in [0.1, 0.15) is 0 Å². The maximum absolute atomic E-state index is 11.5. The van der Waals surface area contributed by atoms with Crippen LogP contribution in [-0.2, 0) is 27.3 Å². The van der Waals surface area contributed by atoms with Crippen molar-refractivity contribution in [3.05, 3.63) is 112 Å². The number of halogens is 1. The molecule has 0 aliphatic carbocycles. The molecule has 3 aromatic rings. The molecule has 3 rings (SSSR count). The molecule has 2 N–H and O–H groups in total. The first-order valence-electron chi connectivity index (χ1n) is 10.1.